The van der Waals surface area contributed by atoms with Crippen molar-refractivity contribution in [3.8, 4) is 5.75 Å². The minimum atomic E-state index is -0.386. The van der Waals surface area contributed by atoms with Gasteiger partial charge in [-0.2, -0.15) is 0 Å². The van der Waals surface area contributed by atoms with Crippen molar-refractivity contribution in [2.24, 2.45) is 0 Å². The van der Waals surface area contributed by atoms with Gasteiger partial charge >= 0.3 is 0 Å². The molecular formula is C15H17Cl2FN2OS. The Morgan fingerprint density at radius 3 is 2.55 bits per heavy atom. The fourth-order valence-corrected chi connectivity index (χ4v) is 3.90. The number of nitrogens with zero attached hydrogens (tertiary/aromatic N) is 1. The van der Waals surface area contributed by atoms with Crippen LogP contribution in [0.15, 0.2) is 30.3 Å². The lowest BCUT2D eigenvalue weighted by Crippen LogP contribution is -2.45. The Labute approximate surface area is 144 Å². The van der Waals surface area contributed by atoms with Crippen molar-refractivity contribution in [1.82, 2.24) is 10.2 Å². The highest BCUT2D eigenvalue weighted by molar-refractivity contribution is 7.16. The molecule has 0 amide bonds. The molecule has 120 valence electrons. The zero-order valence-corrected chi connectivity index (χ0v) is 14.1. The maximum atomic E-state index is 14.3. The van der Waals surface area contributed by atoms with Crippen LogP contribution in [0.25, 0.3) is 0 Å². The molecule has 0 spiro atoms. The van der Waals surface area contributed by atoms with Gasteiger partial charge in [0.2, 0.25) is 0 Å². The first-order valence-electron chi connectivity index (χ1n) is 6.83. The molecule has 1 aromatic heterocycles. The van der Waals surface area contributed by atoms with Gasteiger partial charge in [-0.25, -0.2) is 4.39 Å². The van der Waals surface area contributed by atoms with Crippen LogP contribution in [0.1, 0.15) is 16.5 Å². The highest BCUT2D eigenvalue weighted by atomic mass is 35.5. The molecule has 1 fully saturated rings. The van der Waals surface area contributed by atoms with Gasteiger partial charge in [0.15, 0.2) is 0 Å². The van der Waals surface area contributed by atoms with E-state index in [1.54, 1.807) is 6.07 Å². The lowest BCUT2D eigenvalue weighted by atomic mass is 10.0. The molecule has 0 unspecified atom stereocenters. The summed E-state index contributed by atoms with van der Waals surface area (Å²) in [5.41, 5.74) is 0.577. The molecule has 1 atom stereocenters. The minimum Gasteiger partial charge on any atom is -0.508 e. The summed E-state index contributed by atoms with van der Waals surface area (Å²) in [7, 11) is 0. The largest absolute Gasteiger partial charge is 0.508 e. The molecule has 1 aliphatic rings. The molecule has 2 heterocycles. The molecule has 3 nitrogen and oxygen atoms in total. The van der Waals surface area contributed by atoms with E-state index >= 15 is 0 Å². The Kier molecular flexibility index (Phi) is 6.06. The molecule has 0 aliphatic carbocycles. The van der Waals surface area contributed by atoms with Crippen molar-refractivity contribution < 1.29 is 9.50 Å². The standard InChI is InChI=1S/C15H16ClFN2OS.ClH/c16-14-4-3-13(21-14)15(19-7-5-18-6-8-19)11-2-1-10(20)9-12(11)17;/h1-4,9,15,18,20H,5-8H2;1H/t15-;/m0./s1. The summed E-state index contributed by atoms with van der Waals surface area (Å²) in [6.07, 6.45) is 0. The summed E-state index contributed by atoms with van der Waals surface area (Å²) in [6.45, 7) is 3.46. The summed E-state index contributed by atoms with van der Waals surface area (Å²) in [4.78, 5) is 3.26. The van der Waals surface area contributed by atoms with E-state index in [1.165, 1.54) is 23.5 Å². The number of halogens is 3. The van der Waals surface area contributed by atoms with Crippen molar-refractivity contribution in [3.63, 3.8) is 0 Å². The van der Waals surface area contributed by atoms with Gasteiger partial charge < -0.3 is 10.4 Å². The lowest BCUT2D eigenvalue weighted by molar-refractivity contribution is 0.197. The maximum absolute atomic E-state index is 14.3. The molecule has 22 heavy (non-hydrogen) atoms. The second-order valence-corrected chi connectivity index (χ2v) is 6.78. The Morgan fingerprint density at radius 2 is 1.95 bits per heavy atom. The number of nitrogens with one attached hydrogen (secondary N) is 1. The number of benzene rings is 1. The fourth-order valence-electron chi connectivity index (χ4n) is 2.68. The van der Waals surface area contributed by atoms with E-state index in [1.807, 2.05) is 12.1 Å². The minimum absolute atomic E-state index is 0. The third kappa shape index (κ3) is 3.73. The van der Waals surface area contributed by atoms with Crippen LogP contribution >= 0.6 is 35.3 Å². The summed E-state index contributed by atoms with van der Waals surface area (Å²) >= 11 is 7.52. The van der Waals surface area contributed by atoms with Gasteiger partial charge in [-0.1, -0.05) is 17.7 Å². The smallest absolute Gasteiger partial charge is 0.132 e. The monoisotopic (exact) mass is 362 g/mol. The van der Waals surface area contributed by atoms with Crippen LogP contribution in [0.2, 0.25) is 4.34 Å². The average Bonchev–Trinajstić information content (AvgIpc) is 2.89. The van der Waals surface area contributed by atoms with E-state index in [0.29, 0.717) is 9.90 Å². The number of phenols is 1. The van der Waals surface area contributed by atoms with Gasteiger partial charge in [-0.15, -0.1) is 23.7 Å². The van der Waals surface area contributed by atoms with Gasteiger partial charge in [-0.05, 0) is 18.2 Å². The first-order valence-corrected chi connectivity index (χ1v) is 8.03. The van der Waals surface area contributed by atoms with Crippen LogP contribution in [-0.4, -0.2) is 36.2 Å². The van der Waals surface area contributed by atoms with Crippen molar-refractivity contribution in [2.75, 3.05) is 26.2 Å². The van der Waals surface area contributed by atoms with Crippen LogP contribution in [0.5, 0.6) is 5.75 Å². The Hall–Kier alpha value is -0.850. The number of hydrogen-bond donors (Lipinski definition) is 2. The van der Waals surface area contributed by atoms with E-state index in [9.17, 15) is 9.50 Å². The molecule has 3 rings (SSSR count). The van der Waals surface area contributed by atoms with Crippen molar-refractivity contribution in [1.29, 1.82) is 0 Å². The molecular weight excluding hydrogens is 346 g/mol. The van der Waals surface area contributed by atoms with Gasteiger partial charge in [0.25, 0.3) is 0 Å². The molecule has 7 heteroatoms. The Bertz CT molecular complexity index is 632. The molecule has 0 radical (unpaired) electrons. The topological polar surface area (TPSA) is 35.5 Å². The number of thiophene rings is 1. The zero-order valence-electron chi connectivity index (χ0n) is 11.8. The van der Waals surface area contributed by atoms with E-state index in [-0.39, 0.29) is 30.0 Å². The molecule has 0 bridgehead atoms. The second-order valence-electron chi connectivity index (χ2n) is 5.04. The van der Waals surface area contributed by atoms with Crippen LogP contribution < -0.4 is 5.32 Å². The number of aromatic hydroxyl groups is 1. The highest BCUT2D eigenvalue weighted by Gasteiger charge is 2.27. The van der Waals surface area contributed by atoms with Crippen molar-refractivity contribution in [2.45, 2.75) is 6.04 Å². The highest BCUT2D eigenvalue weighted by Crippen LogP contribution is 2.37. The Morgan fingerprint density at radius 1 is 1.23 bits per heavy atom. The molecule has 1 aromatic carbocycles. The third-order valence-electron chi connectivity index (χ3n) is 3.66. The predicted molar refractivity (Wildman–Crippen MR) is 90.9 cm³/mol. The third-order valence-corrected chi connectivity index (χ3v) is 4.94. The van der Waals surface area contributed by atoms with E-state index in [2.05, 4.69) is 10.2 Å². The van der Waals surface area contributed by atoms with E-state index < -0.39 is 0 Å². The molecule has 2 aromatic rings. The summed E-state index contributed by atoms with van der Waals surface area (Å²) in [5, 5.41) is 12.7. The quantitative estimate of drug-likeness (QED) is 0.874. The summed E-state index contributed by atoms with van der Waals surface area (Å²) in [5.74, 6) is -0.442. The van der Waals surface area contributed by atoms with Gasteiger partial charge in [-0.3, -0.25) is 4.90 Å². The van der Waals surface area contributed by atoms with Crippen LogP contribution in [0, 0.1) is 5.82 Å². The molecule has 1 aliphatic heterocycles. The van der Waals surface area contributed by atoms with E-state index in [4.69, 9.17) is 11.6 Å². The zero-order chi connectivity index (χ0) is 14.8. The normalized spacial score (nSPS) is 17.0. The SMILES string of the molecule is Cl.Oc1ccc([C@@H](c2ccc(Cl)s2)N2CCNCC2)c(F)c1. The van der Waals surface area contributed by atoms with Gasteiger partial charge in [0.05, 0.1) is 10.4 Å². The number of phenolic OH excluding ortho intramolecular Hbond substituents is 1. The molecule has 0 saturated carbocycles. The van der Waals surface area contributed by atoms with Crippen LogP contribution in [-0.2, 0) is 0 Å². The molecule has 1 saturated heterocycles. The summed E-state index contributed by atoms with van der Waals surface area (Å²) in [6, 6.07) is 7.99. The molecule has 2 N–H and O–H groups in total. The Balaban J connectivity index is 0.00000176. The fraction of sp³-hybridized carbons (Fsp3) is 0.333. The lowest BCUT2D eigenvalue weighted by Gasteiger charge is -2.34. The number of rotatable bonds is 3. The van der Waals surface area contributed by atoms with Crippen LogP contribution in [0.4, 0.5) is 4.39 Å². The second kappa shape index (κ2) is 7.62. The summed E-state index contributed by atoms with van der Waals surface area (Å²) < 4.78 is 15.0. The number of piperazine rings is 1. The van der Waals surface area contributed by atoms with Gasteiger partial charge in [0, 0.05) is 42.7 Å². The van der Waals surface area contributed by atoms with Crippen LogP contribution in [0.3, 0.4) is 0 Å². The van der Waals surface area contributed by atoms with E-state index in [0.717, 1.165) is 31.1 Å². The maximum Gasteiger partial charge on any atom is 0.132 e. The first-order chi connectivity index (χ1) is 10.1. The predicted octanol–water partition coefficient (Wildman–Crippen LogP) is 3.66. The van der Waals surface area contributed by atoms with Crippen molar-refractivity contribution >= 4 is 35.3 Å². The average molecular weight is 363 g/mol. The van der Waals surface area contributed by atoms with Crippen molar-refractivity contribution in [3.05, 3.63) is 50.9 Å². The first kappa shape index (κ1) is 17.5. The number of hydrogen-bond acceptors (Lipinski definition) is 4. The van der Waals surface area contributed by atoms with Gasteiger partial charge in [0.1, 0.15) is 11.6 Å².